The summed E-state index contributed by atoms with van der Waals surface area (Å²) in [4.78, 5) is 17.0. The Morgan fingerprint density at radius 3 is 2.61 bits per heavy atom. The molecule has 2 aromatic carbocycles. The lowest BCUT2D eigenvalue weighted by molar-refractivity contribution is 0.102. The molecule has 9 heteroatoms. The zero-order chi connectivity index (χ0) is 20.3. The number of halogens is 1. The molecule has 3 rings (SSSR count). The highest BCUT2D eigenvalue weighted by atomic mass is 79.9. The van der Waals surface area contributed by atoms with Crippen molar-refractivity contribution < 1.29 is 13.2 Å². The van der Waals surface area contributed by atoms with Gasteiger partial charge in [0, 0.05) is 23.6 Å². The third-order valence-corrected chi connectivity index (χ3v) is 7.52. The molecule has 0 saturated carbocycles. The first kappa shape index (κ1) is 20.9. The highest BCUT2D eigenvalue weighted by Gasteiger charge is 2.20. The van der Waals surface area contributed by atoms with Crippen LogP contribution in [-0.4, -0.2) is 37.2 Å². The molecule has 1 aromatic heterocycles. The largest absolute Gasteiger partial charge is 0.298 e. The molecule has 0 saturated heterocycles. The predicted molar refractivity (Wildman–Crippen MR) is 116 cm³/mol. The van der Waals surface area contributed by atoms with E-state index in [0.29, 0.717) is 17.2 Å². The number of nitrogens with one attached hydrogen (secondary N) is 1. The van der Waals surface area contributed by atoms with Crippen LogP contribution in [0, 0.1) is 0 Å². The van der Waals surface area contributed by atoms with Gasteiger partial charge in [0.1, 0.15) is 0 Å². The Morgan fingerprint density at radius 1 is 1.21 bits per heavy atom. The number of fused-ring (bicyclic) bond motifs is 1. The fourth-order valence-electron chi connectivity index (χ4n) is 2.58. The number of sulfonamides is 1. The molecule has 1 heterocycles. The first-order valence-corrected chi connectivity index (χ1v) is 11.8. The number of anilines is 1. The van der Waals surface area contributed by atoms with Crippen molar-refractivity contribution in [2.24, 2.45) is 0 Å². The molecule has 0 atom stereocenters. The summed E-state index contributed by atoms with van der Waals surface area (Å²) >= 11 is 4.79. The number of carbonyl (C=O) groups is 1. The molecule has 0 unspecified atom stereocenters. The Morgan fingerprint density at radius 2 is 1.93 bits per heavy atom. The van der Waals surface area contributed by atoms with Gasteiger partial charge in [-0.1, -0.05) is 40.6 Å². The van der Waals surface area contributed by atoms with Crippen LogP contribution >= 0.6 is 27.3 Å². The van der Waals surface area contributed by atoms with Gasteiger partial charge in [0.05, 0.1) is 15.1 Å². The van der Waals surface area contributed by atoms with Crippen molar-refractivity contribution in [3.63, 3.8) is 0 Å². The standard InChI is InChI=1S/C19H20BrN3O3S2/c1-3-4-11-23(2)28(25,26)15-8-5-13(6-9-15)18(24)22-19-21-16-10-7-14(20)12-17(16)27-19/h5-10,12H,3-4,11H2,1-2H3,(H,21,22,24). The van der Waals surface area contributed by atoms with Crippen molar-refractivity contribution in [1.82, 2.24) is 9.29 Å². The Labute approximate surface area is 176 Å². The molecule has 0 aliphatic carbocycles. The van der Waals surface area contributed by atoms with Crippen molar-refractivity contribution in [3.05, 3.63) is 52.5 Å². The zero-order valence-corrected chi connectivity index (χ0v) is 18.7. The van der Waals surface area contributed by atoms with E-state index in [1.165, 1.54) is 39.9 Å². The van der Waals surface area contributed by atoms with Crippen LogP contribution in [0.4, 0.5) is 5.13 Å². The van der Waals surface area contributed by atoms with Crippen molar-refractivity contribution in [1.29, 1.82) is 0 Å². The van der Waals surface area contributed by atoms with E-state index in [-0.39, 0.29) is 10.8 Å². The van der Waals surface area contributed by atoms with Gasteiger partial charge in [0.25, 0.3) is 5.91 Å². The SMILES string of the molecule is CCCCN(C)S(=O)(=O)c1ccc(C(=O)Nc2nc3ccc(Br)cc3s2)cc1. The Kier molecular flexibility index (Phi) is 6.49. The first-order valence-electron chi connectivity index (χ1n) is 8.75. The Hall–Kier alpha value is -1.81. The van der Waals surface area contributed by atoms with Crippen LogP contribution in [0.3, 0.4) is 0 Å². The highest BCUT2D eigenvalue weighted by Crippen LogP contribution is 2.28. The van der Waals surface area contributed by atoms with Crippen molar-refractivity contribution in [2.75, 3.05) is 18.9 Å². The van der Waals surface area contributed by atoms with Crippen LogP contribution in [0.25, 0.3) is 10.2 Å². The van der Waals surface area contributed by atoms with Gasteiger partial charge < -0.3 is 0 Å². The zero-order valence-electron chi connectivity index (χ0n) is 15.5. The molecule has 0 fully saturated rings. The van der Waals surface area contributed by atoms with E-state index in [0.717, 1.165) is 27.5 Å². The highest BCUT2D eigenvalue weighted by molar-refractivity contribution is 9.10. The number of thiazole rings is 1. The van der Waals surface area contributed by atoms with Crippen LogP contribution in [0.1, 0.15) is 30.1 Å². The number of nitrogens with zero attached hydrogens (tertiary/aromatic N) is 2. The average Bonchev–Trinajstić information content (AvgIpc) is 3.07. The van der Waals surface area contributed by atoms with Crippen molar-refractivity contribution in [2.45, 2.75) is 24.7 Å². The number of amides is 1. The lowest BCUT2D eigenvalue weighted by atomic mass is 10.2. The van der Waals surface area contributed by atoms with Gasteiger partial charge in [-0.05, 0) is 48.9 Å². The van der Waals surface area contributed by atoms with E-state index in [4.69, 9.17) is 0 Å². The van der Waals surface area contributed by atoms with Crippen LogP contribution in [0.2, 0.25) is 0 Å². The monoisotopic (exact) mass is 481 g/mol. The smallest absolute Gasteiger partial charge is 0.257 e. The number of rotatable bonds is 7. The lowest BCUT2D eigenvalue weighted by Crippen LogP contribution is -2.28. The Bertz CT molecular complexity index is 1100. The number of aromatic nitrogens is 1. The first-order chi connectivity index (χ1) is 13.3. The van der Waals surface area contributed by atoms with E-state index in [1.807, 2.05) is 25.1 Å². The number of carbonyl (C=O) groups excluding carboxylic acids is 1. The summed E-state index contributed by atoms with van der Waals surface area (Å²) in [5.74, 6) is -0.332. The molecule has 1 N–H and O–H groups in total. The second kappa shape index (κ2) is 8.69. The molecule has 0 spiro atoms. The molecule has 148 valence electrons. The minimum absolute atomic E-state index is 0.174. The fourth-order valence-corrected chi connectivity index (χ4v) is 5.20. The number of hydrogen-bond donors (Lipinski definition) is 1. The summed E-state index contributed by atoms with van der Waals surface area (Å²) in [5, 5.41) is 3.26. The van der Waals surface area contributed by atoms with Gasteiger partial charge in [-0.25, -0.2) is 17.7 Å². The summed E-state index contributed by atoms with van der Waals surface area (Å²) in [6.45, 7) is 2.48. The van der Waals surface area contributed by atoms with E-state index < -0.39 is 10.0 Å². The third-order valence-electron chi connectivity index (χ3n) is 4.22. The van der Waals surface area contributed by atoms with Gasteiger partial charge >= 0.3 is 0 Å². The summed E-state index contributed by atoms with van der Waals surface area (Å²) < 4.78 is 28.3. The van der Waals surface area contributed by atoms with Crippen LogP contribution in [0.5, 0.6) is 0 Å². The van der Waals surface area contributed by atoms with E-state index in [9.17, 15) is 13.2 Å². The van der Waals surface area contributed by atoms with Gasteiger partial charge in [-0.15, -0.1) is 0 Å². The molecule has 6 nitrogen and oxygen atoms in total. The quantitative estimate of drug-likeness (QED) is 0.528. The van der Waals surface area contributed by atoms with Crippen LogP contribution in [0.15, 0.2) is 51.8 Å². The number of hydrogen-bond acceptors (Lipinski definition) is 5. The predicted octanol–water partition coefficient (Wildman–Crippen LogP) is 4.73. The van der Waals surface area contributed by atoms with E-state index >= 15 is 0 Å². The summed E-state index contributed by atoms with van der Waals surface area (Å²) in [7, 11) is -1.98. The van der Waals surface area contributed by atoms with Crippen molar-refractivity contribution >= 4 is 58.5 Å². The second-order valence-electron chi connectivity index (χ2n) is 6.29. The fraction of sp³-hybridized carbons (Fsp3) is 0.263. The summed E-state index contributed by atoms with van der Waals surface area (Å²) in [6, 6.07) is 11.7. The molecule has 0 aliphatic rings. The number of benzene rings is 2. The molecule has 1 amide bonds. The number of unbranched alkanes of at least 4 members (excludes halogenated alkanes) is 1. The minimum Gasteiger partial charge on any atom is -0.298 e. The van der Waals surface area contributed by atoms with E-state index in [2.05, 4.69) is 26.2 Å². The molecule has 0 bridgehead atoms. The third kappa shape index (κ3) is 4.60. The summed E-state index contributed by atoms with van der Waals surface area (Å²) in [6.07, 6.45) is 1.72. The average molecular weight is 482 g/mol. The normalized spacial score (nSPS) is 11.9. The van der Waals surface area contributed by atoms with Crippen molar-refractivity contribution in [3.8, 4) is 0 Å². The maximum Gasteiger partial charge on any atom is 0.257 e. The molecule has 0 aliphatic heterocycles. The molecule has 28 heavy (non-hydrogen) atoms. The topological polar surface area (TPSA) is 79.4 Å². The lowest BCUT2D eigenvalue weighted by Gasteiger charge is -2.16. The molecule has 3 aromatic rings. The van der Waals surface area contributed by atoms with Gasteiger partial charge in [-0.2, -0.15) is 0 Å². The van der Waals surface area contributed by atoms with Gasteiger partial charge in [0.2, 0.25) is 10.0 Å². The van der Waals surface area contributed by atoms with Crippen LogP contribution < -0.4 is 5.32 Å². The maximum atomic E-state index is 12.6. The minimum atomic E-state index is -3.55. The molecule has 0 radical (unpaired) electrons. The maximum absolute atomic E-state index is 12.6. The Balaban J connectivity index is 1.74. The second-order valence-corrected chi connectivity index (χ2v) is 10.3. The summed E-state index contributed by atoms with van der Waals surface area (Å²) in [5.41, 5.74) is 1.18. The molecular weight excluding hydrogens is 462 g/mol. The van der Waals surface area contributed by atoms with Gasteiger partial charge in [0.15, 0.2) is 5.13 Å². The van der Waals surface area contributed by atoms with E-state index in [1.54, 1.807) is 7.05 Å². The van der Waals surface area contributed by atoms with Crippen LogP contribution in [-0.2, 0) is 10.0 Å². The van der Waals surface area contributed by atoms with Gasteiger partial charge in [-0.3, -0.25) is 10.1 Å². The molecular formula is C19H20BrN3O3S2.